The number of methoxy groups -OCH3 is 1. The molecule has 0 aliphatic rings. The maximum absolute atomic E-state index is 12.4. The standard InChI is InChI=1S/C19H24N2O4S/c1-14-9-10-18(25-3)17(11-14)21(26(4,23)24)13-19(22)20-12-16-8-6-5-7-15(16)2/h5-11H,12-13H2,1-4H3,(H,20,22). The molecule has 26 heavy (non-hydrogen) atoms. The first kappa shape index (κ1) is 19.8. The van der Waals surface area contributed by atoms with E-state index in [0.29, 0.717) is 18.0 Å². The number of nitrogens with zero attached hydrogens (tertiary/aromatic N) is 1. The van der Waals surface area contributed by atoms with Crippen molar-refractivity contribution in [1.82, 2.24) is 5.32 Å². The fourth-order valence-corrected chi connectivity index (χ4v) is 3.42. The first-order chi connectivity index (χ1) is 12.2. The molecule has 2 aromatic rings. The molecule has 0 aromatic heterocycles. The van der Waals surface area contributed by atoms with Crippen LogP contribution in [0.4, 0.5) is 5.69 Å². The maximum Gasteiger partial charge on any atom is 0.241 e. The van der Waals surface area contributed by atoms with Crippen LogP contribution in [0.5, 0.6) is 5.75 Å². The molecule has 0 spiro atoms. The molecular weight excluding hydrogens is 352 g/mol. The van der Waals surface area contributed by atoms with E-state index in [2.05, 4.69) is 5.32 Å². The largest absolute Gasteiger partial charge is 0.495 e. The lowest BCUT2D eigenvalue weighted by Gasteiger charge is -2.24. The topological polar surface area (TPSA) is 75.7 Å². The highest BCUT2D eigenvalue weighted by atomic mass is 32.2. The summed E-state index contributed by atoms with van der Waals surface area (Å²) < 4.78 is 30.9. The van der Waals surface area contributed by atoms with E-state index < -0.39 is 10.0 Å². The van der Waals surface area contributed by atoms with Crippen molar-refractivity contribution in [2.24, 2.45) is 0 Å². The van der Waals surface area contributed by atoms with Crippen molar-refractivity contribution in [3.8, 4) is 5.75 Å². The third-order valence-electron chi connectivity index (χ3n) is 4.03. The molecule has 2 aromatic carbocycles. The van der Waals surface area contributed by atoms with Gasteiger partial charge >= 0.3 is 0 Å². The van der Waals surface area contributed by atoms with Gasteiger partial charge in [0.2, 0.25) is 15.9 Å². The fraction of sp³-hybridized carbons (Fsp3) is 0.316. The monoisotopic (exact) mass is 376 g/mol. The minimum absolute atomic E-state index is 0.315. The number of hydrogen-bond donors (Lipinski definition) is 1. The minimum atomic E-state index is -3.66. The van der Waals surface area contributed by atoms with Gasteiger partial charge in [0, 0.05) is 6.54 Å². The normalized spacial score (nSPS) is 11.1. The summed E-state index contributed by atoms with van der Waals surface area (Å²) in [5, 5.41) is 2.78. The molecule has 1 amide bonds. The number of benzene rings is 2. The molecule has 0 unspecified atom stereocenters. The van der Waals surface area contributed by atoms with Crippen LogP contribution in [-0.2, 0) is 21.4 Å². The van der Waals surface area contributed by atoms with Crippen LogP contribution < -0.4 is 14.4 Å². The van der Waals surface area contributed by atoms with Crippen LogP contribution in [0.3, 0.4) is 0 Å². The van der Waals surface area contributed by atoms with E-state index in [0.717, 1.165) is 27.3 Å². The Bertz CT molecular complexity index is 894. The summed E-state index contributed by atoms with van der Waals surface area (Å²) >= 11 is 0. The Hall–Kier alpha value is -2.54. The molecule has 7 heteroatoms. The molecule has 0 saturated carbocycles. The molecule has 0 saturated heterocycles. The smallest absolute Gasteiger partial charge is 0.241 e. The molecule has 1 N–H and O–H groups in total. The molecule has 0 radical (unpaired) electrons. The Morgan fingerprint density at radius 1 is 1.15 bits per heavy atom. The molecule has 140 valence electrons. The first-order valence-electron chi connectivity index (χ1n) is 8.16. The van der Waals surface area contributed by atoms with Gasteiger partial charge in [0.05, 0.1) is 19.1 Å². The lowest BCUT2D eigenvalue weighted by Crippen LogP contribution is -2.40. The zero-order valence-electron chi connectivity index (χ0n) is 15.4. The van der Waals surface area contributed by atoms with Gasteiger partial charge in [-0.15, -0.1) is 0 Å². The second kappa shape index (κ2) is 8.23. The highest BCUT2D eigenvalue weighted by Gasteiger charge is 2.24. The Morgan fingerprint density at radius 3 is 2.46 bits per heavy atom. The van der Waals surface area contributed by atoms with Crippen LogP contribution in [0.2, 0.25) is 0 Å². The SMILES string of the molecule is COc1ccc(C)cc1N(CC(=O)NCc1ccccc1C)S(C)(=O)=O. The van der Waals surface area contributed by atoms with Crippen LogP contribution >= 0.6 is 0 Å². The number of rotatable bonds is 7. The van der Waals surface area contributed by atoms with E-state index in [1.165, 1.54) is 7.11 Å². The van der Waals surface area contributed by atoms with E-state index in [1.807, 2.05) is 44.2 Å². The van der Waals surface area contributed by atoms with Gasteiger partial charge in [-0.05, 0) is 42.7 Å². The molecule has 0 aliphatic heterocycles. The predicted octanol–water partition coefficient (Wildman–Crippen LogP) is 2.39. The summed E-state index contributed by atoms with van der Waals surface area (Å²) in [4.78, 5) is 12.4. The summed E-state index contributed by atoms with van der Waals surface area (Å²) in [6.45, 7) is 3.84. The number of aryl methyl sites for hydroxylation is 2. The second-order valence-electron chi connectivity index (χ2n) is 6.15. The van der Waals surface area contributed by atoms with E-state index in [9.17, 15) is 13.2 Å². The van der Waals surface area contributed by atoms with Crippen molar-refractivity contribution < 1.29 is 17.9 Å². The zero-order valence-corrected chi connectivity index (χ0v) is 16.3. The van der Waals surface area contributed by atoms with Crippen LogP contribution in [0.25, 0.3) is 0 Å². The van der Waals surface area contributed by atoms with Gasteiger partial charge in [-0.3, -0.25) is 9.10 Å². The highest BCUT2D eigenvalue weighted by molar-refractivity contribution is 7.92. The Balaban J connectivity index is 2.20. The van der Waals surface area contributed by atoms with Crippen LogP contribution in [0.1, 0.15) is 16.7 Å². The number of carbonyl (C=O) groups excluding carboxylic acids is 1. The summed E-state index contributed by atoms with van der Waals surface area (Å²) in [6, 6.07) is 12.9. The Labute approximate surface area is 154 Å². The average Bonchev–Trinajstić information content (AvgIpc) is 2.58. The summed E-state index contributed by atoms with van der Waals surface area (Å²) in [5.41, 5.74) is 3.27. The molecule has 0 aliphatic carbocycles. The molecule has 6 nitrogen and oxygen atoms in total. The average molecular weight is 376 g/mol. The Morgan fingerprint density at radius 2 is 1.85 bits per heavy atom. The molecular formula is C19H24N2O4S. The van der Waals surface area contributed by atoms with Crippen molar-refractivity contribution in [3.05, 3.63) is 59.2 Å². The first-order valence-corrected chi connectivity index (χ1v) is 10.0. The van der Waals surface area contributed by atoms with Gasteiger partial charge in [0.15, 0.2) is 0 Å². The van der Waals surface area contributed by atoms with Gasteiger partial charge in [-0.25, -0.2) is 8.42 Å². The minimum Gasteiger partial charge on any atom is -0.495 e. The van der Waals surface area contributed by atoms with Crippen molar-refractivity contribution in [2.45, 2.75) is 20.4 Å². The van der Waals surface area contributed by atoms with Gasteiger partial charge in [0.1, 0.15) is 12.3 Å². The van der Waals surface area contributed by atoms with Gasteiger partial charge < -0.3 is 10.1 Å². The van der Waals surface area contributed by atoms with Gasteiger partial charge in [0.25, 0.3) is 0 Å². The summed E-state index contributed by atoms with van der Waals surface area (Å²) in [6.07, 6.45) is 1.07. The predicted molar refractivity (Wildman–Crippen MR) is 103 cm³/mol. The molecule has 0 atom stereocenters. The van der Waals surface area contributed by atoms with Crippen molar-refractivity contribution in [3.63, 3.8) is 0 Å². The highest BCUT2D eigenvalue weighted by Crippen LogP contribution is 2.30. The molecule has 0 heterocycles. The van der Waals surface area contributed by atoms with Crippen molar-refractivity contribution >= 4 is 21.6 Å². The van der Waals surface area contributed by atoms with E-state index in [-0.39, 0.29) is 12.5 Å². The number of sulfonamides is 1. The maximum atomic E-state index is 12.4. The van der Waals surface area contributed by atoms with Crippen molar-refractivity contribution in [2.75, 3.05) is 24.2 Å². The lowest BCUT2D eigenvalue weighted by atomic mass is 10.1. The van der Waals surface area contributed by atoms with E-state index in [1.54, 1.807) is 12.1 Å². The van der Waals surface area contributed by atoms with Gasteiger partial charge in [-0.2, -0.15) is 0 Å². The van der Waals surface area contributed by atoms with Gasteiger partial charge in [-0.1, -0.05) is 30.3 Å². The number of carbonyl (C=O) groups is 1. The number of nitrogens with one attached hydrogen (secondary N) is 1. The third kappa shape index (κ3) is 4.98. The van der Waals surface area contributed by atoms with Crippen molar-refractivity contribution in [1.29, 1.82) is 0 Å². The van der Waals surface area contributed by atoms with E-state index in [4.69, 9.17) is 4.74 Å². The number of amides is 1. The van der Waals surface area contributed by atoms with Crippen LogP contribution in [0, 0.1) is 13.8 Å². The second-order valence-corrected chi connectivity index (χ2v) is 8.05. The van der Waals surface area contributed by atoms with Crippen LogP contribution in [-0.4, -0.2) is 34.2 Å². The molecule has 2 rings (SSSR count). The van der Waals surface area contributed by atoms with E-state index >= 15 is 0 Å². The number of ether oxygens (including phenoxy) is 1. The lowest BCUT2D eigenvalue weighted by molar-refractivity contribution is -0.119. The summed E-state index contributed by atoms with van der Waals surface area (Å²) in [7, 11) is -2.20. The number of hydrogen-bond acceptors (Lipinski definition) is 4. The number of anilines is 1. The quantitative estimate of drug-likeness (QED) is 0.805. The summed E-state index contributed by atoms with van der Waals surface area (Å²) in [5.74, 6) is 0.00923. The Kier molecular flexibility index (Phi) is 6.26. The zero-order chi connectivity index (χ0) is 19.3. The fourth-order valence-electron chi connectivity index (χ4n) is 2.56. The molecule has 0 fully saturated rings. The molecule has 0 bridgehead atoms. The third-order valence-corrected chi connectivity index (χ3v) is 5.15. The van der Waals surface area contributed by atoms with Crippen LogP contribution in [0.15, 0.2) is 42.5 Å².